The molecule has 0 aliphatic carbocycles. The van der Waals surface area contributed by atoms with Crippen molar-refractivity contribution in [3.63, 3.8) is 0 Å². The monoisotopic (exact) mass is 242 g/mol. The molecule has 1 unspecified atom stereocenters. The Balaban J connectivity index is 2.69. The highest BCUT2D eigenvalue weighted by molar-refractivity contribution is 6.31. The van der Waals surface area contributed by atoms with Crippen molar-refractivity contribution in [2.24, 2.45) is 5.92 Å². The molecule has 4 nitrogen and oxygen atoms in total. The second-order valence-corrected chi connectivity index (χ2v) is 4.17. The first kappa shape index (κ1) is 12.8. The lowest BCUT2D eigenvalue weighted by atomic mass is 10.1. The fourth-order valence-electron chi connectivity index (χ4n) is 1.15. The molecule has 1 rings (SSSR count). The molecule has 0 bridgehead atoms. The number of nitrogens with one attached hydrogen (secondary N) is 1. The summed E-state index contributed by atoms with van der Waals surface area (Å²) in [5.41, 5.74) is 6.41. The van der Waals surface area contributed by atoms with Gasteiger partial charge in [0.05, 0.1) is 5.56 Å². The molecule has 88 valence electrons. The Labute approximate surface area is 99.4 Å². The highest BCUT2D eigenvalue weighted by Gasteiger charge is 2.11. The van der Waals surface area contributed by atoms with Gasteiger partial charge in [-0.05, 0) is 24.1 Å². The Hall–Kier alpha value is -1.26. The standard InChI is InChI=1S/C11H15ClN2O2/c1-7(6-15)5-14-11(16)9-4-8(12)2-3-10(9)13/h2-4,7,15H,5-6,13H2,1H3,(H,14,16). The molecule has 0 radical (unpaired) electrons. The third-order valence-corrected chi connectivity index (χ3v) is 2.42. The number of nitrogen functional groups attached to an aromatic ring is 1. The van der Waals surface area contributed by atoms with Gasteiger partial charge in [0.1, 0.15) is 0 Å². The minimum atomic E-state index is -0.277. The summed E-state index contributed by atoms with van der Waals surface area (Å²) in [6.45, 7) is 2.27. The van der Waals surface area contributed by atoms with Crippen LogP contribution in [0.3, 0.4) is 0 Å². The lowest BCUT2D eigenvalue weighted by Crippen LogP contribution is -2.30. The lowest BCUT2D eigenvalue weighted by molar-refractivity contribution is 0.0943. The molecule has 1 atom stereocenters. The quantitative estimate of drug-likeness (QED) is 0.697. The Kier molecular flexibility index (Phi) is 4.58. The number of rotatable bonds is 4. The van der Waals surface area contributed by atoms with Crippen molar-refractivity contribution in [3.8, 4) is 0 Å². The van der Waals surface area contributed by atoms with Gasteiger partial charge in [0.15, 0.2) is 0 Å². The number of aliphatic hydroxyl groups is 1. The normalized spacial score (nSPS) is 12.2. The number of hydrogen-bond acceptors (Lipinski definition) is 3. The summed E-state index contributed by atoms with van der Waals surface area (Å²) < 4.78 is 0. The van der Waals surface area contributed by atoms with Crippen LogP contribution in [0.4, 0.5) is 5.69 Å². The summed E-state index contributed by atoms with van der Waals surface area (Å²) in [7, 11) is 0. The molecule has 0 saturated heterocycles. The first-order chi connectivity index (χ1) is 7.54. The second kappa shape index (κ2) is 5.72. The number of aliphatic hydroxyl groups excluding tert-OH is 1. The molecule has 0 aromatic heterocycles. The van der Waals surface area contributed by atoms with Gasteiger partial charge in [-0.3, -0.25) is 4.79 Å². The summed E-state index contributed by atoms with van der Waals surface area (Å²) >= 11 is 5.78. The van der Waals surface area contributed by atoms with Gasteiger partial charge in [0, 0.05) is 23.9 Å². The van der Waals surface area contributed by atoms with E-state index in [2.05, 4.69) is 5.32 Å². The Bertz CT molecular complexity index is 382. The van der Waals surface area contributed by atoms with Crippen LogP contribution < -0.4 is 11.1 Å². The molecule has 4 N–H and O–H groups in total. The Morgan fingerprint density at radius 2 is 2.31 bits per heavy atom. The van der Waals surface area contributed by atoms with Crippen LogP contribution in [-0.2, 0) is 0 Å². The van der Waals surface area contributed by atoms with Gasteiger partial charge in [0.2, 0.25) is 0 Å². The average Bonchev–Trinajstić information content (AvgIpc) is 2.28. The summed E-state index contributed by atoms with van der Waals surface area (Å²) in [5.74, 6) is -0.260. The number of nitrogens with two attached hydrogens (primary N) is 1. The number of benzene rings is 1. The van der Waals surface area contributed by atoms with Crippen LogP contribution in [0.15, 0.2) is 18.2 Å². The fraction of sp³-hybridized carbons (Fsp3) is 0.364. The van der Waals surface area contributed by atoms with Crippen LogP contribution in [0.25, 0.3) is 0 Å². The van der Waals surface area contributed by atoms with Crippen molar-refractivity contribution < 1.29 is 9.90 Å². The predicted molar refractivity (Wildman–Crippen MR) is 64.4 cm³/mol. The topological polar surface area (TPSA) is 75.3 Å². The van der Waals surface area contributed by atoms with Crippen LogP contribution in [0.1, 0.15) is 17.3 Å². The van der Waals surface area contributed by atoms with Crippen LogP contribution in [0, 0.1) is 5.92 Å². The zero-order valence-corrected chi connectivity index (χ0v) is 9.79. The van der Waals surface area contributed by atoms with Crippen LogP contribution in [0.2, 0.25) is 5.02 Å². The van der Waals surface area contributed by atoms with E-state index in [1.807, 2.05) is 6.92 Å². The van der Waals surface area contributed by atoms with Crippen molar-refractivity contribution in [2.75, 3.05) is 18.9 Å². The second-order valence-electron chi connectivity index (χ2n) is 3.73. The van der Waals surface area contributed by atoms with E-state index >= 15 is 0 Å². The SMILES string of the molecule is CC(CO)CNC(=O)c1cc(Cl)ccc1N. The van der Waals surface area contributed by atoms with E-state index in [1.165, 1.54) is 6.07 Å². The van der Waals surface area contributed by atoms with Gasteiger partial charge in [-0.2, -0.15) is 0 Å². The van der Waals surface area contributed by atoms with Crippen LogP contribution in [0.5, 0.6) is 0 Å². The Morgan fingerprint density at radius 1 is 1.62 bits per heavy atom. The van der Waals surface area contributed by atoms with Gasteiger partial charge >= 0.3 is 0 Å². The highest BCUT2D eigenvalue weighted by Crippen LogP contribution is 2.17. The molecule has 0 fully saturated rings. The van der Waals surface area contributed by atoms with E-state index in [9.17, 15) is 4.79 Å². The molecule has 0 aliphatic heterocycles. The van der Waals surface area contributed by atoms with Gasteiger partial charge in [0.25, 0.3) is 5.91 Å². The smallest absolute Gasteiger partial charge is 0.253 e. The predicted octanol–water partition coefficient (Wildman–Crippen LogP) is 1.28. The van der Waals surface area contributed by atoms with Gasteiger partial charge < -0.3 is 16.2 Å². The first-order valence-corrected chi connectivity index (χ1v) is 5.36. The van der Waals surface area contributed by atoms with Crippen molar-refractivity contribution >= 4 is 23.2 Å². The van der Waals surface area contributed by atoms with E-state index < -0.39 is 0 Å². The maximum Gasteiger partial charge on any atom is 0.253 e. The third kappa shape index (κ3) is 3.40. The first-order valence-electron chi connectivity index (χ1n) is 4.98. The number of hydrogen-bond donors (Lipinski definition) is 3. The summed E-state index contributed by atoms with van der Waals surface area (Å²) in [5, 5.41) is 12.0. The summed E-state index contributed by atoms with van der Waals surface area (Å²) in [6.07, 6.45) is 0. The van der Waals surface area contributed by atoms with Gasteiger partial charge in [-0.15, -0.1) is 0 Å². The molecule has 0 saturated carbocycles. The third-order valence-electron chi connectivity index (χ3n) is 2.18. The molecule has 0 heterocycles. The Morgan fingerprint density at radius 3 is 2.94 bits per heavy atom. The summed E-state index contributed by atoms with van der Waals surface area (Å²) in [6, 6.07) is 4.74. The number of carbonyl (C=O) groups is 1. The number of anilines is 1. The molecule has 1 amide bonds. The molecule has 0 spiro atoms. The summed E-state index contributed by atoms with van der Waals surface area (Å²) in [4.78, 5) is 11.7. The van der Waals surface area contributed by atoms with E-state index in [4.69, 9.17) is 22.4 Å². The minimum Gasteiger partial charge on any atom is -0.398 e. The molecular weight excluding hydrogens is 228 g/mol. The van der Waals surface area contributed by atoms with E-state index in [0.717, 1.165) is 0 Å². The molecule has 1 aromatic rings. The number of amides is 1. The maximum absolute atomic E-state index is 11.7. The number of carbonyl (C=O) groups excluding carboxylic acids is 1. The zero-order chi connectivity index (χ0) is 12.1. The number of halogens is 1. The average molecular weight is 243 g/mol. The van der Waals surface area contributed by atoms with Crippen molar-refractivity contribution in [1.29, 1.82) is 0 Å². The van der Waals surface area contributed by atoms with Crippen molar-refractivity contribution in [3.05, 3.63) is 28.8 Å². The minimum absolute atomic E-state index is 0.0179. The largest absolute Gasteiger partial charge is 0.398 e. The molecular formula is C11H15ClN2O2. The zero-order valence-electron chi connectivity index (χ0n) is 9.03. The highest BCUT2D eigenvalue weighted by atomic mass is 35.5. The van der Waals surface area contributed by atoms with Gasteiger partial charge in [-0.25, -0.2) is 0 Å². The van der Waals surface area contributed by atoms with Crippen LogP contribution >= 0.6 is 11.6 Å². The van der Waals surface area contributed by atoms with Crippen molar-refractivity contribution in [2.45, 2.75) is 6.92 Å². The molecule has 1 aromatic carbocycles. The molecule has 0 aliphatic rings. The lowest BCUT2D eigenvalue weighted by Gasteiger charge is -2.11. The van der Waals surface area contributed by atoms with Crippen molar-refractivity contribution in [1.82, 2.24) is 5.32 Å². The van der Waals surface area contributed by atoms with Crippen LogP contribution in [-0.4, -0.2) is 24.2 Å². The van der Waals surface area contributed by atoms with Gasteiger partial charge in [-0.1, -0.05) is 18.5 Å². The van der Waals surface area contributed by atoms with E-state index in [-0.39, 0.29) is 18.4 Å². The molecule has 16 heavy (non-hydrogen) atoms. The van der Waals surface area contributed by atoms with E-state index in [1.54, 1.807) is 12.1 Å². The van der Waals surface area contributed by atoms with E-state index in [0.29, 0.717) is 22.8 Å². The molecule has 5 heteroatoms. The maximum atomic E-state index is 11.7. The fourth-order valence-corrected chi connectivity index (χ4v) is 1.32.